The van der Waals surface area contributed by atoms with Crippen LogP contribution in [0.25, 0.3) is 22.3 Å². The van der Waals surface area contributed by atoms with Crippen LogP contribution < -0.4 is 0 Å². The van der Waals surface area contributed by atoms with Crippen LogP contribution >= 0.6 is 0 Å². The van der Waals surface area contributed by atoms with E-state index in [0.29, 0.717) is 11.0 Å². The molecule has 20 heavy (non-hydrogen) atoms. The van der Waals surface area contributed by atoms with Gasteiger partial charge in [0.2, 0.25) is 0 Å². The average Bonchev–Trinajstić information content (AvgIpc) is 2.80. The standard InChI is InChI=1S/C15H8F2O3/c16-9-4-5-12-8(6-9)7-13(20-12)10-2-1-3-11(17)14(10)15(18)19/h1-7H,(H,18,19). The summed E-state index contributed by atoms with van der Waals surface area (Å²) in [7, 11) is 0. The molecule has 0 aliphatic heterocycles. The van der Waals surface area contributed by atoms with Crippen LogP contribution in [0.1, 0.15) is 10.4 Å². The van der Waals surface area contributed by atoms with Crippen LogP contribution in [0.15, 0.2) is 46.9 Å². The van der Waals surface area contributed by atoms with E-state index in [4.69, 9.17) is 9.52 Å². The van der Waals surface area contributed by atoms with Gasteiger partial charge >= 0.3 is 5.97 Å². The molecule has 0 amide bonds. The Morgan fingerprint density at radius 3 is 2.65 bits per heavy atom. The number of carboxylic acids is 1. The highest BCUT2D eigenvalue weighted by Gasteiger charge is 2.19. The number of rotatable bonds is 2. The van der Waals surface area contributed by atoms with Crippen molar-refractivity contribution in [3.63, 3.8) is 0 Å². The summed E-state index contributed by atoms with van der Waals surface area (Å²) in [6.45, 7) is 0. The number of carbonyl (C=O) groups is 1. The molecular weight excluding hydrogens is 266 g/mol. The van der Waals surface area contributed by atoms with Gasteiger partial charge in [-0.1, -0.05) is 12.1 Å². The molecule has 0 radical (unpaired) electrons. The van der Waals surface area contributed by atoms with Crippen LogP contribution in [-0.4, -0.2) is 11.1 Å². The molecule has 0 bridgehead atoms. The molecule has 0 atom stereocenters. The van der Waals surface area contributed by atoms with Crippen molar-refractivity contribution >= 4 is 16.9 Å². The summed E-state index contributed by atoms with van der Waals surface area (Å²) >= 11 is 0. The van der Waals surface area contributed by atoms with Crippen molar-refractivity contribution in [2.75, 3.05) is 0 Å². The number of carboxylic acid groups (broad SMARTS) is 1. The molecule has 5 heteroatoms. The monoisotopic (exact) mass is 274 g/mol. The first-order valence-corrected chi connectivity index (χ1v) is 5.77. The van der Waals surface area contributed by atoms with Gasteiger partial charge in [0.25, 0.3) is 0 Å². The number of halogens is 2. The highest BCUT2D eigenvalue weighted by Crippen LogP contribution is 2.31. The van der Waals surface area contributed by atoms with Crippen LogP contribution in [0.5, 0.6) is 0 Å². The predicted octanol–water partition coefficient (Wildman–Crippen LogP) is 4.08. The van der Waals surface area contributed by atoms with Gasteiger partial charge in [0.15, 0.2) is 0 Å². The lowest BCUT2D eigenvalue weighted by Crippen LogP contribution is -2.02. The number of benzene rings is 2. The van der Waals surface area contributed by atoms with Crippen LogP contribution in [0.4, 0.5) is 8.78 Å². The molecule has 100 valence electrons. The zero-order valence-corrected chi connectivity index (χ0v) is 10.1. The molecule has 1 heterocycles. The van der Waals surface area contributed by atoms with Gasteiger partial charge in [-0.25, -0.2) is 13.6 Å². The van der Waals surface area contributed by atoms with E-state index in [1.54, 1.807) is 0 Å². The average molecular weight is 274 g/mol. The van der Waals surface area contributed by atoms with Crippen molar-refractivity contribution in [2.24, 2.45) is 0 Å². The van der Waals surface area contributed by atoms with Gasteiger partial charge in [-0.15, -0.1) is 0 Å². The van der Waals surface area contributed by atoms with Gasteiger partial charge in [-0.05, 0) is 30.3 Å². The molecule has 0 spiro atoms. The van der Waals surface area contributed by atoms with E-state index in [-0.39, 0.29) is 11.3 Å². The van der Waals surface area contributed by atoms with Gasteiger partial charge in [-0.2, -0.15) is 0 Å². The molecule has 3 aromatic rings. The third kappa shape index (κ3) is 1.93. The number of furan rings is 1. The van der Waals surface area contributed by atoms with Crippen molar-refractivity contribution in [1.82, 2.24) is 0 Å². The number of hydrogen-bond donors (Lipinski definition) is 1. The quantitative estimate of drug-likeness (QED) is 0.766. The van der Waals surface area contributed by atoms with E-state index in [0.717, 1.165) is 6.07 Å². The second kappa shape index (κ2) is 4.45. The molecule has 0 saturated carbocycles. The van der Waals surface area contributed by atoms with E-state index in [1.807, 2.05) is 0 Å². The van der Waals surface area contributed by atoms with Gasteiger partial charge in [-0.3, -0.25) is 0 Å². The predicted molar refractivity (Wildman–Crippen MR) is 68.5 cm³/mol. The minimum atomic E-state index is -1.38. The Bertz CT molecular complexity index is 821. The third-order valence-corrected chi connectivity index (χ3v) is 2.97. The second-order valence-corrected chi connectivity index (χ2v) is 4.26. The van der Waals surface area contributed by atoms with Crippen LogP contribution in [-0.2, 0) is 0 Å². The topological polar surface area (TPSA) is 50.4 Å². The third-order valence-electron chi connectivity index (χ3n) is 2.97. The second-order valence-electron chi connectivity index (χ2n) is 4.26. The summed E-state index contributed by atoms with van der Waals surface area (Å²) in [6.07, 6.45) is 0. The minimum Gasteiger partial charge on any atom is -0.478 e. The summed E-state index contributed by atoms with van der Waals surface area (Å²) in [5.74, 6) is -2.48. The maximum absolute atomic E-state index is 13.6. The van der Waals surface area contributed by atoms with Gasteiger partial charge in [0.05, 0.1) is 0 Å². The Hall–Kier alpha value is -2.69. The van der Waals surface area contributed by atoms with Crippen LogP contribution in [0.3, 0.4) is 0 Å². The van der Waals surface area contributed by atoms with E-state index in [1.165, 1.54) is 36.4 Å². The Morgan fingerprint density at radius 1 is 1.10 bits per heavy atom. The molecule has 0 aliphatic carbocycles. The number of aromatic carboxylic acids is 1. The normalized spacial score (nSPS) is 10.9. The fourth-order valence-electron chi connectivity index (χ4n) is 2.09. The molecule has 0 fully saturated rings. The molecule has 0 saturated heterocycles. The van der Waals surface area contributed by atoms with Gasteiger partial charge < -0.3 is 9.52 Å². The number of fused-ring (bicyclic) bond motifs is 1. The van der Waals surface area contributed by atoms with Crippen LogP contribution in [0, 0.1) is 11.6 Å². The van der Waals surface area contributed by atoms with Crippen molar-refractivity contribution in [3.8, 4) is 11.3 Å². The van der Waals surface area contributed by atoms with Gasteiger partial charge in [0, 0.05) is 10.9 Å². The smallest absolute Gasteiger partial charge is 0.339 e. The lowest BCUT2D eigenvalue weighted by Gasteiger charge is -2.03. The van der Waals surface area contributed by atoms with E-state index in [9.17, 15) is 13.6 Å². The Balaban J connectivity index is 2.25. The van der Waals surface area contributed by atoms with Crippen molar-refractivity contribution < 1.29 is 23.1 Å². The Kier molecular flexibility index (Phi) is 2.75. The molecule has 3 nitrogen and oxygen atoms in total. The SMILES string of the molecule is O=C(O)c1c(F)cccc1-c1cc2cc(F)ccc2o1. The first-order valence-electron chi connectivity index (χ1n) is 5.77. The fourth-order valence-corrected chi connectivity index (χ4v) is 2.09. The zero-order valence-electron chi connectivity index (χ0n) is 10.1. The molecule has 2 aromatic carbocycles. The Labute approximate surface area is 112 Å². The van der Waals surface area contributed by atoms with Crippen molar-refractivity contribution in [2.45, 2.75) is 0 Å². The first kappa shape index (κ1) is 12.3. The van der Waals surface area contributed by atoms with E-state index >= 15 is 0 Å². The van der Waals surface area contributed by atoms with Gasteiger partial charge in [0.1, 0.15) is 28.5 Å². The summed E-state index contributed by atoms with van der Waals surface area (Å²) in [5, 5.41) is 9.57. The lowest BCUT2D eigenvalue weighted by atomic mass is 10.0. The zero-order chi connectivity index (χ0) is 14.3. The summed E-state index contributed by atoms with van der Waals surface area (Å²) in [4.78, 5) is 11.1. The fraction of sp³-hybridized carbons (Fsp3) is 0. The summed E-state index contributed by atoms with van der Waals surface area (Å²) in [5.41, 5.74) is 0.0585. The largest absolute Gasteiger partial charge is 0.478 e. The van der Waals surface area contributed by atoms with Crippen molar-refractivity contribution in [3.05, 3.63) is 59.7 Å². The summed E-state index contributed by atoms with van der Waals surface area (Å²) < 4.78 is 32.2. The molecule has 0 unspecified atom stereocenters. The molecular formula is C15H8F2O3. The van der Waals surface area contributed by atoms with Crippen LogP contribution in [0.2, 0.25) is 0 Å². The van der Waals surface area contributed by atoms with Crippen molar-refractivity contribution in [1.29, 1.82) is 0 Å². The first-order chi connectivity index (χ1) is 9.56. The maximum atomic E-state index is 13.6. The lowest BCUT2D eigenvalue weighted by molar-refractivity contribution is 0.0692. The minimum absolute atomic E-state index is 0.120. The highest BCUT2D eigenvalue weighted by molar-refractivity contribution is 5.97. The summed E-state index contributed by atoms with van der Waals surface area (Å²) in [6, 6.07) is 9.33. The Morgan fingerprint density at radius 2 is 1.90 bits per heavy atom. The molecule has 1 aromatic heterocycles. The van der Waals surface area contributed by atoms with E-state index in [2.05, 4.69) is 0 Å². The number of hydrogen-bond acceptors (Lipinski definition) is 2. The molecule has 3 rings (SSSR count). The highest BCUT2D eigenvalue weighted by atomic mass is 19.1. The van der Waals surface area contributed by atoms with E-state index < -0.39 is 23.2 Å². The molecule has 1 N–H and O–H groups in total. The molecule has 0 aliphatic rings. The maximum Gasteiger partial charge on any atom is 0.339 e.